The van der Waals surface area contributed by atoms with E-state index < -0.39 is 11.7 Å². The second-order valence-corrected chi connectivity index (χ2v) is 4.07. The van der Waals surface area contributed by atoms with Crippen LogP contribution in [-0.4, -0.2) is 18.9 Å². The first-order valence-electron chi connectivity index (χ1n) is 5.60. The van der Waals surface area contributed by atoms with Crippen molar-refractivity contribution >= 4 is 41.6 Å². The molecule has 0 spiro atoms. The predicted molar refractivity (Wildman–Crippen MR) is 78.0 cm³/mol. The van der Waals surface area contributed by atoms with Crippen LogP contribution in [0.5, 0.6) is 0 Å². The molecule has 2 rings (SSSR count). The van der Waals surface area contributed by atoms with E-state index in [1.165, 1.54) is 18.2 Å². The number of hydrogen-bond acceptors (Lipinski definition) is 4. The zero-order chi connectivity index (χ0) is 14.8. The minimum absolute atomic E-state index is 0. The molecule has 0 aliphatic heterocycles. The van der Waals surface area contributed by atoms with Crippen LogP contribution in [0.4, 0.5) is 35.9 Å². The maximum absolute atomic E-state index is 12.5. The number of rotatable bonds is 2. The van der Waals surface area contributed by atoms with Crippen molar-refractivity contribution in [3.05, 3.63) is 48.0 Å². The molecule has 0 aliphatic carbocycles. The first-order chi connectivity index (χ1) is 9.36. The van der Waals surface area contributed by atoms with Gasteiger partial charge in [0.05, 0.1) is 16.9 Å². The fourth-order valence-corrected chi connectivity index (χ4v) is 1.52. The van der Waals surface area contributed by atoms with E-state index in [4.69, 9.17) is 11.5 Å². The molecule has 0 fully saturated rings. The van der Waals surface area contributed by atoms with Crippen LogP contribution in [0.2, 0.25) is 0 Å². The van der Waals surface area contributed by atoms with E-state index in [2.05, 4.69) is 10.2 Å². The van der Waals surface area contributed by atoms with Gasteiger partial charge in [-0.15, -0.1) is 5.11 Å². The van der Waals surface area contributed by atoms with Crippen LogP contribution >= 0.6 is 0 Å². The summed E-state index contributed by atoms with van der Waals surface area (Å²) in [5, 5.41) is 7.56. The summed E-state index contributed by atoms with van der Waals surface area (Å²) in [6.07, 6.45) is -4.41. The van der Waals surface area contributed by atoms with Crippen molar-refractivity contribution in [2.45, 2.75) is 6.18 Å². The predicted octanol–water partition coefficient (Wildman–Crippen LogP) is 3.64. The third kappa shape index (κ3) is 4.51. The molecule has 4 N–H and O–H groups in total. The summed E-state index contributed by atoms with van der Waals surface area (Å²) in [6, 6.07) is 9.20. The molecular weight excluding hydrogens is 276 g/mol. The Kier molecular flexibility index (Phi) is 5.41. The van der Waals surface area contributed by atoms with Crippen LogP contribution in [0.3, 0.4) is 0 Å². The summed E-state index contributed by atoms with van der Waals surface area (Å²) in [7, 11) is 0. The van der Waals surface area contributed by atoms with Gasteiger partial charge in [-0.2, -0.15) is 18.3 Å². The van der Waals surface area contributed by atoms with Gasteiger partial charge in [-0.1, -0.05) is 6.07 Å². The van der Waals surface area contributed by atoms with Crippen molar-refractivity contribution < 1.29 is 13.2 Å². The molecule has 2 aromatic carbocycles. The van der Waals surface area contributed by atoms with Gasteiger partial charge in [-0.05, 0) is 36.4 Å². The van der Waals surface area contributed by atoms with Crippen molar-refractivity contribution in [1.82, 2.24) is 0 Å². The zero-order valence-electron chi connectivity index (χ0n) is 10.2. The Morgan fingerprint density at radius 1 is 0.905 bits per heavy atom. The number of anilines is 2. The van der Waals surface area contributed by atoms with E-state index in [0.717, 1.165) is 12.1 Å². The van der Waals surface area contributed by atoms with Gasteiger partial charge in [0.1, 0.15) is 5.69 Å². The van der Waals surface area contributed by atoms with E-state index in [9.17, 15) is 13.2 Å². The van der Waals surface area contributed by atoms with Gasteiger partial charge in [0.25, 0.3) is 0 Å². The molecule has 0 heterocycles. The zero-order valence-corrected chi connectivity index (χ0v) is 10.2. The van der Waals surface area contributed by atoms with Gasteiger partial charge in [0.15, 0.2) is 0 Å². The quantitative estimate of drug-likeness (QED) is 0.503. The normalized spacial score (nSPS) is 11.4. The molecule has 0 aliphatic rings. The number of nitrogens with zero attached hydrogens (tertiary/aromatic N) is 2. The van der Waals surface area contributed by atoms with Gasteiger partial charge in [-0.25, -0.2) is 0 Å². The summed E-state index contributed by atoms with van der Waals surface area (Å²) >= 11 is 0. The molecule has 0 aromatic heterocycles. The second kappa shape index (κ2) is 6.65. The molecule has 0 atom stereocenters. The summed E-state index contributed by atoms with van der Waals surface area (Å²) < 4.78 is 37.6. The minimum atomic E-state index is -4.41. The van der Waals surface area contributed by atoms with E-state index >= 15 is 0 Å². The molecule has 0 saturated carbocycles. The first-order valence-corrected chi connectivity index (χ1v) is 5.60. The van der Waals surface area contributed by atoms with E-state index in [-0.39, 0.29) is 24.5 Å². The summed E-state index contributed by atoms with van der Waals surface area (Å²) in [5.41, 5.74) is 11.6. The van der Waals surface area contributed by atoms with Crippen molar-refractivity contribution in [3.8, 4) is 0 Å². The van der Waals surface area contributed by atoms with Gasteiger partial charge < -0.3 is 11.5 Å². The van der Waals surface area contributed by atoms with Crippen LogP contribution in [0.1, 0.15) is 5.56 Å². The Balaban J connectivity index is 0.00000220. The van der Waals surface area contributed by atoms with Crippen LogP contribution in [-0.2, 0) is 6.18 Å². The number of hydrogen-bond donors (Lipinski definition) is 2. The van der Waals surface area contributed by atoms with Gasteiger partial charge in [0.2, 0.25) is 0 Å². The summed E-state index contributed by atoms with van der Waals surface area (Å²) in [5.74, 6) is 0. The van der Waals surface area contributed by atoms with Crippen LogP contribution < -0.4 is 11.5 Å². The Morgan fingerprint density at radius 3 is 2.24 bits per heavy atom. The molecule has 0 radical (unpaired) electrons. The fourth-order valence-electron chi connectivity index (χ4n) is 1.52. The van der Waals surface area contributed by atoms with Gasteiger partial charge in [0, 0.05) is 5.69 Å². The molecule has 2 aromatic rings. The Labute approximate surface area is 131 Å². The summed E-state index contributed by atoms with van der Waals surface area (Å²) in [4.78, 5) is 0. The number of azo groups is 1. The van der Waals surface area contributed by atoms with Crippen LogP contribution in [0.25, 0.3) is 0 Å². The number of nitrogen functional groups attached to an aromatic ring is 2. The average molecular weight is 288 g/mol. The van der Waals surface area contributed by atoms with E-state index in [1.807, 2.05) is 0 Å². The van der Waals surface area contributed by atoms with Crippen LogP contribution in [0.15, 0.2) is 52.7 Å². The molecular formula is C13H12F3LiN4. The number of benzene rings is 2. The first kappa shape index (κ1) is 17.1. The number of alkyl halides is 3. The maximum atomic E-state index is 12.5. The SMILES string of the molecule is Nc1ccc(N=Nc2cccc(C(F)(F)F)c2)c(N)c1.[LiH]. The van der Waals surface area contributed by atoms with E-state index in [1.54, 1.807) is 12.1 Å². The fraction of sp³-hybridized carbons (Fsp3) is 0.0769. The van der Waals surface area contributed by atoms with E-state index in [0.29, 0.717) is 17.1 Å². The number of nitrogens with two attached hydrogens (primary N) is 2. The molecule has 106 valence electrons. The van der Waals surface area contributed by atoms with Gasteiger partial charge in [-0.3, -0.25) is 0 Å². The molecule has 0 unspecified atom stereocenters. The van der Waals surface area contributed by atoms with Crippen molar-refractivity contribution in [1.29, 1.82) is 0 Å². The Morgan fingerprint density at radius 2 is 1.62 bits per heavy atom. The third-order valence-electron chi connectivity index (χ3n) is 2.50. The molecule has 4 nitrogen and oxygen atoms in total. The average Bonchev–Trinajstić information content (AvgIpc) is 2.37. The third-order valence-corrected chi connectivity index (χ3v) is 2.50. The van der Waals surface area contributed by atoms with Crippen molar-refractivity contribution in [3.63, 3.8) is 0 Å². The molecule has 8 heteroatoms. The topological polar surface area (TPSA) is 76.8 Å². The van der Waals surface area contributed by atoms with Gasteiger partial charge >= 0.3 is 25.0 Å². The molecule has 21 heavy (non-hydrogen) atoms. The van der Waals surface area contributed by atoms with Crippen molar-refractivity contribution in [2.75, 3.05) is 11.5 Å². The van der Waals surface area contributed by atoms with Crippen molar-refractivity contribution in [2.24, 2.45) is 10.2 Å². The molecule has 0 bridgehead atoms. The number of halogens is 3. The Hall–Kier alpha value is -1.97. The van der Waals surface area contributed by atoms with Crippen LogP contribution in [0, 0.1) is 0 Å². The molecule has 0 saturated heterocycles. The second-order valence-electron chi connectivity index (χ2n) is 4.07. The summed E-state index contributed by atoms with van der Waals surface area (Å²) in [6.45, 7) is 0. The standard InChI is InChI=1S/C13H11F3N4.Li.H/c14-13(15,16)8-2-1-3-10(6-8)19-20-12-5-4-9(17)7-11(12)18;;/h1-7H,17-18H2;;. The Bertz CT molecular complexity index is 656. The monoisotopic (exact) mass is 288 g/mol. The molecule has 0 amide bonds.